The maximum absolute atomic E-state index is 5.69. The molecule has 106 valence electrons. The minimum Gasteiger partial charge on any atom is -0.444 e. The van der Waals surface area contributed by atoms with Crippen molar-refractivity contribution in [1.29, 1.82) is 0 Å². The highest BCUT2D eigenvalue weighted by Crippen LogP contribution is 2.39. The zero-order valence-corrected chi connectivity index (χ0v) is 11.4. The van der Waals surface area contributed by atoms with Crippen molar-refractivity contribution in [3.63, 3.8) is 0 Å². The van der Waals surface area contributed by atoms with E-state index in [1.165, 1.54) is 12.8 Å². The molecule has 0 amide bonds. The van der Waals surface area contributed by atoms with Gasteiger partial charge in [0.1, 0.15) is 5.76 Å². The third kappa shape index (κ3) is 2.65. The van der Waals surface area contributed by atoms with Crippen LogP contribution < -0.4 is 5.32 Å². The number of rotatable bonds is 5. The molecule has 3 aromatic rings. The van der Waals surface area contributed by atoms with Crippen molar-refractivity contribution in [3.8, 4) is 5.69 Å². The number of aromatic nitrogens is 4. The van der Waals surface area contributed by atoms with Gasteiger partial charge in [0, 0.05) is 5.92 Å². The Hall–Kier alpha value is -2.63. The first-order chi connectivity index (χ1) is 10.4. The lowest BCUT2D eigenvalue weighted by atomic mass is 10.3. The Kier molecular flexibility index (Phi) is 2.92. The summed E-state index contributed by atoms with van der Waals surface area (Å²) < 4.78 is 5.69. The lowest BCUT2D eigenvalue weighted by Crippen LogP contribution is -2.01. The molecule has 6 nitrogen and oxygen atoms in total. The van der Waals surface area contributed by atoms with Gasteiger partial charge in [-0.2, -0.15) is 5.10 Å². The van der Waals surface area contributed by atoms with Crippen LogP contribution in [0.3, 0.4) is 0 Å². The molecule has 0 atom stereocenters. The number of nitrogens with zero attached hydrogens (tertiary/aromatic N) is 4. The predicted octanol–water partition coefficient (Wildman–Crippen LogP) is 2.74. The van der Waals surface area contributed by atoms with Crippen LogP contribution in [0.4, 0.5) is 5.82 Å². The molecule has 1 N–H and O–H groups in total. The molecule has 0 bridgehead atoms. The van der Waals surface area contributed by atoms with Crippen molar-refractivity contribution < 1.29 is 4.42 Å². The summed E-state index contributed by atoms with van der Waals surface area (Å²) in [4.78, 5) is 5.89. The van der Waals surface area contributed by atoms with Gasteiger partial charge in [-0.1, -0.05) is 18.2 Å². The van der Waals surface area contributed by atoms with E-state index in [1.54, 1.807) is 17.2 Å². The SMILES string of the molecule is c1ccc(-n2ncc(NCc3cnc(C4CC4)o3)n2)cc1. The second-order valence-electron chi connectivity index (χ2n) is 5.15. The fourth-order valence-electron chi connectivity index (χ4n) is 2.13. The van der Waals surface area contributed by atoms with Crippen LogP contribution in [0, 0.1) is 0 Å². The number of anilines is 1. The van der Waals surface area contributed by atoms with Gasteiger partial charge in [0.05, 0.1) is 24.6 Å². The Labute approximate surface area is 121 Å². The third-order valence-corrected chi connectivity index (χ3v) is 3.42. The topological polar surface area (TPSA) is 68.8 Å². The number of hydrogen-bond donors (Lipinski definition) is 1. The summed E-state index contributed by atoms with van der Waals surface area (Å²) >= 11 is 0. The van der Waals surface area contributed by atoms with Crippen LogP contribution in [-0.2, 0) is 6.54 Å². The van der Waals surface area contributed by atoms with E-state index in [9.17, 15) is 0 Å². The fraction of sp³-hybridized carbons (Fsp3) is 0.267. The van der Waals surface area contributed by atoms with Crippen LogP contribution in [0.15, 0.2) is 47.1 Å². The molecule has 6 heteroatoms. The Morgan fingerprint density at radius 3 is 2.86 bits per heavy atom. The van der Waals surface area contributed by atoms with E-state index < -0.39 is 0 Å². The first-order valence-electron chi connectivity index (χ1n) is 7.05. The Morgan fingerprint density at radius 1 is 1.19 bits per heavy atom. The number of para-hydroxylation sites is 1. The van der Waals surface area contributed by atoms with Crippen molar-refractivity contribution in [2.75, 3.05) is 5.32 Å². The van der Waals surface area contributed by atoms with Crippen LogP contribution in [0.25, 0.3) is 5.69 Å². The molecule has 1 fully saturated rings. The van der Waals surface area contributed by atoms with E-state index in [0.717, 1.165) is 17.3 Å². The molecule has 0 spiro atoms. The van der Waals surface area contributed by atoms with Crippen molar-refractivity contribution in [2.45, 2.75) is 25.3 Å². The maximum atomic E-state index is 5.69. The van der Waals surface area contributed by atoms with Crippen LogP contribution in [0.1, 0.15) is 30.4 Å². The van der Waals surface area contributed by atoms with E-state index in [0.29, 0.717) is 18.3 Å². The van der Waals surface area contributed by atoms with Gasteiger partial charge in [0.25, 0.3) is 0 Å². The monoisotopic (exact) mass is 281 g/mol. The largest absolute Gasteiger partial charge is 0.444 e. The molecule has 0 unspecified atom stereocenters. The van der Waals surface area contributed by atoms with Crippen molar-refractivity contribution in [3.05, 3.63) is 54.4 Å². The smallest absolute Gasteiger partial charge is 0.197 e. The molecule has 0 aliphatic heterocycles. The Morgan fingerprint density at radius 2 is 2.05 bits per heavy atom. The summed E-state index contributed by atoms with van der Waals surface area (Å²) in [5, 5.41) is 11.8. The average molecular weight is 281 g/mol. The first-order valence-corrected chi connectivity index (χ1v) is 7.05. The zero-order valence-electron chi connectivity index (χ0n) is 11.4. The molecule has 1 aliphatic rings. The molecule has 4 rings (SSSR count). The lowest BCUT2D eigenvalue weighted by molar-refractivity contribution is 0.462. The lowest BCUT2D eigenvalue weighted by Gasteiger charge is -1.99. The Bertz CT molecular complexity index is 729. The second kappa shape index (κ2) is 5.05. The summed E-state index contributed by atoms with van der Waals surface area (Å²) in [6.07, 6.45) is 5.87. The normalized spacial score (nSPS) is 14.3. The quantitative estimate of drug-likeness (QED) is 0.778. The number of nitrogens with one attached hydrogen (secondary N) is 1. The number of hydrogen-bond acceptors (Lipinski definition) is 5. The molecular weight excluding hydrogens is 266 g/mol. The second-order valence-corrected chi connectivity index (χ2v) is 5.15. The van der Waals surface area contributed by atoms with Gasteiger partial charge in [0.15, 0.2) is 11.7 Å². The summed E-state index contributed by atoms with van der Waals surface area (Å²) in [7, 11) is 0. The van der Waals surface area contributed by atoms with Crippen molar-refractivity contribution in [1.82, 2.24) is 20.0 Å². The zero-order chi connectivity index (χ0) is 14.1. The highest BCUT2D eigenvalue weighted by Gasteiger charge is 2.28. The summed E-state index contributed by atoms with van der Waals surface area (Å²) in [5.74, 6) is 2.94. The van der Waals surface area contributed by atoms with Gasteiger partial charge in [-0.25, -0.2) is 4.98 Å². The molecule has 2 aromatic heterocycles. The van der Waals surface area contributed by atoms with E-state index in [2.05, 4.69) is 20.5 Å². The molecule has 2 heterocycles. The molecule has 1 aromatic carbocycles. The van der Waals surface area contributed by atoms with Gasteiger partial charge in [-0.05, 0) is 25.0 Å². The van der Waals surface area contributed by atoms with E-state index in [4.69, 9.17) is 4.42 Å². The van der Waals surface area contributed by atoms with Crippen molar-refractivity contribution in [2.24, 2.45) is 0 Å². The third-order valence-electron chi connectivity index (χ3n) is 3.42. The molecule has 21 heavy (non-hydrogen) atoms. The molecule has 1 saturated carbocycles. The maximum Gasteiger partial charge on any atom is 0.197 e. The highest BCUT2D eigenvalue weighted by molar-refractivity contribution is 5.34. The first kappa shape index (κ1) is 12.1. The van der Waals surface area contributed by atoms with Crippen LogP contribution in [0.2, 0.25) is 0 Å². The van der Waals surface area contributed by atoms with Crippen LogP contribution in [0.5, 0.6) is 0 Å². The van der Waals surface area contributed by atoms with Gasteiger partial charge >= 0.3 is 0 Å². The predicted molar refractivity (Wildman–Crippen MR) is 77.2 cm³/mol. The average Bonchev–Trinajstić information content (AvgIpc) is 3.09. The van der Waals surface area contributed by atoms with E-state index >= 15 is 0 Å². The highest BCUT2D eigenvalue weighted by atomic mass is 16.4. The standard InChI is InChI=1S/C15H15N5O/c1-2-4-12(5-3-1)20-18-10-14(19-20)16-8-13-9-17-15(21-13)11-6-7-11/h1-5,9-11H,6-8H2,(H,16,19). The molecular formula is C15H15N5O. The molecule has 0 saturated heterocycles. The van der Waals surface area contributed by atoms with Gasteiger partial charge in [-0.3, -0.25) is 0 Å². The number of oxazole rings is 1. The van der Waals surface area contributed by atoms with Crippen LogP contribution >= 0.6 is 0 Å². The number of benzene rings is 1. The van der Waals surface area contributed by atoms with Gasteiger partial charge in [-0.15, -0.1) is 9.90 Å². The van der Waals surface area contributed by atoms with Gasteiger partial charge < -0.3 is 9.73 Å². The van der Waals surface area contributed by atoms with Crippen LogP contribution in [-0.4, -0.2) is 20.0 Å². The van der Waals surface area contributed by atoms with E-state index in [1.807, 2.05) is 30.3 Å². The summed E-state index contributed by atoms with van der Waals surface area (Å²) in [6, 6.07) is 9.80. The Balaban J connectivity index is 1.41. The van der Waals surface area contributed by atoms with E-state index in [-0.39, 0.29) is 0 Å². The molecule has 1 aliphatic carbocycles. The minimum absolute atomic E-state index is 0.540. The fourth-order valence-corrected chi connectivity index (χ4v) is 2.13. The molecule has 0 radical (unpaired) electrons. The summed E-state index contributed by atoms with van der Waals surface area (Å²) in [6.45, 7) is 0.563. The van der Waals surface area contributed by atoms with Gasteiger partial charge in [0.2, 0.25) is 0 Å². The minimum atomic E-state index is 0.540. The van der Waals surface area contributed by atoms with Crippen molar-refractivity contribution >= 4 is 5.82 Å². The summed E-state index contributed by atoms with van der Waals surface area (Å²) in [5.41, 5.74) is 0.932.